The third-order valence-electron chi connectivity index (χ3n) is 3.74. The van der Waals surface area contributed by atoms with Gasteiger partial charge >= 0.3 is 168 Å². The zero-order valence-corrected chi connectivity index (χ0v) is 16.8. The van der Waals surface area contributed by atoms with Gasteiger partial charge < -0.3 is 0 Å². The van der Waals surface area contributed by atoms with E-state index in [-0.39, 0.29) is 26.9 Å². The van der Waals surface area contributed by atoms with E-state index in [1.165, 1.54) is 0 Å². The van der Waals surface area contributed by atoms with Crippen molar-refractivity contribution >= 4 is 37.9 Å². The fourth-order valence-electron chi connectivity index (χ4n) is 2.55. The minimum absolute atomic E-state index is 0.0585. The van der Waals surface area contributed by atoms with Crippen LogP contribution < -0.4 is 0 Å². The van der Waals surface area contributed by atoms with Gasteiger partial charge in [-0.1, -0.05) is 0 Å². The van der Waals surface area contributed by atoms with Gasteiger partial charge in [0.05, 0.1) is 0 Å². The molecule has 134 valence electrons. The molecule has 0 atom stereocenters. The monoisotopic (exact) mass is 443 g/mol. The Kier molecular flexibility index (Phi) is 6.20. The standard InChI is InChI=1S/C20H14ClN3O2Se/c1-2-26-20(25)16(12-22)17(13-8-10-15(21)11-9-13)19-18(23-24-27-19)14-6-4-3-5-7-14/h3-11H,2H2,1H3/b17-16-. The maximum absolute atomic E-state index is 12.5. The fraction of sp³-hybridized carbons (Fsp3) is 0.100. The van der Waals surface area contributed by atoms with Crippen LogP contribution in [0.5, 0.6) is 0 Å². The van der Waals surface area contributed by atoms with Crippen LogP contribution in [-0.4, -0.2) is 36.5 Å². The van der Waals surface area contributed by atoms with Crippen LogP contribution in [-0.2, 0) is 9.53 Å². The van der Waals surface area contributed by atoms with Crippen molar-refractivity contribution in [1.82, 2.24) is 9.19 Å². The summed E-state index contributed by atoms with van der Waals surface area (Å²) in [5.41, 5.74) is 2.68. The summed E-state index contributed by atoms with van der Waals surface area (Å²) in [4.78, 5) is 12.5. The van der Waals surface area contributed by atoms with Gasteiger partial charge in [-0.15, -0.1) is 0 Å². The molecule has 2 aromatic carbocycles. The number of nitriles is 1. The molecule has 0 saturated heterocycles. The first-order chi connectivity index (χ1) is 13.2. The third-order valence-corrected chi connectivity index (χ3v) is 5.55. The van der Waals surface area contributed by atoms with Gasteiger partial charge in [-0.2, -0.15) is 0 Å². The zero-order chi connectivity index (χ0) is 19.2. The Labute approximate surface area is 167 Å². The molecule has 0 aliphatic heterocycles. The number of carbonyl (C=O) groups is 1. The van der Waals surface area contributed by atoms with E-state index >= 15 is 0 Å². The van der Waals surface area contributed by atoms with E-state index in [0.29, 0.717) is 21.9 Å². The normalized spacial score (nSPS) is 11.4. The summed E-state index contributed by atoms with van der Waals surface area (Å²) >= 11 is 5.64. The van der Waals surface area contributed by atoms with E-state index in [9.17, 15) is 10.1 Å². The molecule has 3 rings (SSSR count). The molecular weight excluding hydrogens is 429 g/mol. The maximum atomic E-state index is 12.5. The van der Waals surface area contributed by atoms with Crippen molar-refractivity contribution in [2.45, 2.75) is 6.92 Å². The van der Waals surface area contributed by atoms with E-state index in [4.69, 9.17) is 16.3 Å². The summed E-state index contributed by atoms with van der Waals surface area (Å²) in [6, 6.07) is 18.6. The van der Waals surface area contributed by atoms with Crippen LogP contribution in [0.15, 0.2) is 60.2 Å². The molecule has 1 aromatic heterocycles. The van der Waals surface area contributed by atoms with Crippen LogP contribution >= 0.6 is 11.6 Å². The molecule has 3 aromatic rings. The second kappa shape index (κ2) is 8.79. The first-order valence-corrected chi connectivity index (χ1v) is 10.1. The van der Waals surface area contributed by atoms with Gasteiger partial charge in [0.15, 0.2) is 0 Å². The zero-order valence-electron chi connectivity index (χ0n) is 14.3. The van der Waals surface area contributed by atoms with Crippen molar-refractivity contribution in [1.29, 1.82) is 5.26 Å². The number of esters is 1. The summed E-state index contributed by atoms with van der Waals surface area (Å²) in [6.07, 6.45) is 0. The Balaban J connectivity index is 2.27. The Hall–Kier alpha value is -2.71. The van der Waals surface area contributed by atoms with E-state index in [2.05, 4.69) is 9.19 Å². The van der Waals surface area contributed by atoms with Crippen LogP contribution in [0.25, 0.3) is 16.8 Å². The van der Waals surface area contributed by atoms with Gasteiger partial charge in [0.25, 0.3) is 0 Å². The predicted molar refractivity (Wildman–Crippen MR) is 104 cm³/mol. The molecule has 0 bridgehead atoms. The number of benzene rings is 2. The van der Waals surface area contributed by atoms with Crippen molar-refractivity contribution in [3.05, 3.63) is 75.2 Å². The summed E-state index contributed by atoms with van der Waals surface area (Å²) < 4.78 is 10.1. The van der Waals surface area contributed by atoms with E-state index < -0.39 is 5.97 Å². The van der Waals surface area contributed by atoms with E-state index in [0.717, 1.165) is 10.0 Å². The number of ether oxygens (including phenoxy) is 1. The van der Waals surface area contributed by atoms with E-state index in [1.54, 1.807) is 31.2 Å². The first-order valence-electron chi connectivity index (χ1n) is 8.11. The number of halogens is 1. The van der Waals surface area contributed by atoms with Gasteiger partial charge in [-0.05, 0) is 0 Å². The molecule has 0 spiro atoms. The predicted octanol–water partition coefficient (Wildman–Crippen LogP) is 3.74. The Bertz CT molecular complexity index is 1020. The number of nitrogens with zero attached hydrogens (tertiary/aromatic N) is 3. The molecule has 0 aliphatic carbocycles. The number of carbonyl (C=O) groups excluding carboxylic acids is 1. The Morgan fingerprint density at radius 3 is 2.52 bits per heavy atom. The van der Waals surface area contributed by atoms with Crippen LogP contribution in [0.4, 0.5) is 0 Å². The molecule has 0 N–H and O–H groups in total. The average Bonchev–Trinajstić information content (AvgIpc) is 3.17. The van der Waals surface area contributed by atoms with Crippen molar-refractivity contribution in [3.8, 4) is 17.3 Å². The van der Waals surface area contributed by atoms with Crippen molar-refractivity contribution in [3.63, 3.8) is 0 Å². The number of rotatable bonds is 5. The van der Waals surface area contributed by atoms with Crippen LogP contribution in [0, 0.1) is 11.3 Å². The summed E-state index contributed by atoms with van der Waals surface area (Å²) in [7, 11) is 0. The third kappa shape index (κ3) is 4.17. The molecule has 0 unspecified atom stereocenters. The number of hydrogen-bond donors (Lipinski definition) is 0. The SMILES string of the molecule is CCOC(=O)/C(C#N)=C(/c1ccc(Cl)cc1)c1[se]nnc1-c1ccccc1. The molecule has 7 heteroatoms. The average molecular weight is 443 g/mol. The van der Waals surface area contributed by atoms with E-state index in [1.807, 2.05) is 36.4 Å². The topological polar surface area (TPSA) is 75.9 Å². The summed E-state index contributed by atoms with van der Waals surface area (Å²) in [5.74, 6) is -0.660. The molecule has 0 saturated carbocycles. The Morgan fingerprint density at radius 1 is 1.19 bits per heavy atom. The number of hydrogen-bond acceptors (Lipinski definition) is 5. The minimum atomic E-state index is -0.660. The fourth-order valence-corrected chi connectivity index (χ4v) is 4.27. The summed E-state index contributed by atoms with van der Waals surface area (Å²) in [6.45, 7) is 1.89. The molecule has 0 fully saturated rings. The second-order valence-corrected chi connectivity index (χ2v) is 7.42. The van der Waals surface area contributed by atoms with Crippen LogP contribution in [0.3, 0.4) is 0 Å². The van der Waals surface area contributed by atoms with Crippen molar-refractivity contribution in [2.75, 3.05) is 6.61 Å². The first kappa shape index (κ1) is 19.1. The second-order valence-electron chi connectivity index (χ2n) is 5.41. The molecular formula is C20H14ClN3O2Se. The molecule has 0 aliphatic rings. The molecule has 0 amide bonds. The molecule has 1 heterocycles. The van der Waals surface area contributed by atoms with Gasteiger partial charge in [0, 0.05) is 0 Å². The van der Waals surface area contributed by atoms with Crippen LogP contribution in [0.1, 0.15) is 16.9 Å². The van der Waals surface area contributed by atoms with Crippen LogP contribution in [0.2, 0.25) is 5.02 Å². The molecule has 0 radical (unpaired) electrons. The summed E-state index contributed by atoms with van der Waals surface area (Å²) in [5, 5.41) is 14.6. The van der Waals surface area contributed by atoms with Gasteiger partial charge in [-0.3, -0.25) is 0 Å². The van der Waals surface area contributed by atoms with Gasteiger partial charge in [0.2, 0.25) is 0 Å². The number of aromatic nitrogens is 2. The van der Waals surface area contributed by atoms with Crippen molar-refractivity contribution < 1.29 is 9.53 Å². The quantitative estimate of drug-likeness (QED) is 0.260. The van der Waals surface area contributed by atoms with Crippen molar-refractivity contribution in [2.24, 2.45) is 0 Å². The molecule has 27 heavy (non-hydrogen) atoms. The van der Waals surface area contributed by atoms with Gasteiger partial charge in [0.1, 0.15) is 0 Å². The Morgan fingerprint density at radius 2 is 1.89 bits per heavy atom. The van der Waals surface area contributed by atoms with Gasteiger partial charge in [-0.25, -0.2) is 0 Å². The molecule has 5 nitrogen and oxygen atoms in total.